The lowest BCUT2D eigenvalue weighted by atomic mass is 10.2. The van der Waals surface area contributed by atoms with Crippen molar-refractivity contribution in [3.63, 3.8) is 0 Å². The van der Waals surface area contributed by atoms with Crippen molar-refractivity contribution in [1.82, 2.24) is 9.88 Å². The van der Waals surface area contributed by atoms with Crippen LogP contribution in [-0.4, -0.2) is 48.3 Å². The summed E-state index contributed by atoms with van der Waals surface area (Å²) in [7, 11) is -2.99. The summed E-state index contributed by atoms with van der Waals surface area (Å²) in [5.41, 5.74) is 0.375. The highest BCUT2D eigenvalue weighted by Gasteiger charge is 2.34. The van der Waals surface area contributed by atoms with Gasteiger partial charge in [0.15, 0.2) is 9.84 Å². The lowest BCUT2D eigenvalue weighted by Crippen LogP contribution is -2.42. The Kier molecular flexibility index (Phi) is 4.19. The van der Waals surface area contributed by atoms with E-state index in [1.54, 1.807) is 29.3 Å². The molecule has 0 bridgehead atoms. The van der Waals surface area contributed by atoms with Gasteiger partial charge in [-0.05, 0) is 25.0 Å². The second-order valence-corrected chi connectivity index (χ2v) is 7.00. The third kappa shape index (κ3) is 3.32. The highest BCUT2D eigenvalue weighted by Crippen LogP contribution is 2.19. The van der Waals surface area contributed by atoms with Crippen molar-refractivity contribution in [2.45, 2.75) is 25.8 Å². The smallest absolute Gasteiger partial charge is 0.272 e. The first-order chi connectivity index (χ1) is 9.03. The van der Waals surface area contributed by atoms with Crippen LogP contribution >= 0.6 is 0 Å². The molecule has 6 heteroatoms. The van der Waals surface area contributed by atoms with Crippen LogP contribution in [0.4, 0.5) is 0 Å². The first-order valence-corrected chi connectivity index (χ1v) is 8.28. The molecule has 1 aromatic rings. The topological polar surface area (TPSA) is 67.3 Å². The van der Waals surface area contributed by atoms with E-state index in [2.05, 4.69) is 4.98 Å². The number of pyridine rings is 1. The van der Waals surface area contributed by atoms with Gasteiger partial charge in [-0.3, -0.25) is 9.78 Å². The Labute approximate surface area is 113 Å². The van der Waals surface area contributed by atoms with Gasteiger partial charge in [0, 0.05) is 18.8 Å². The minimum atomic E-state index is -2.99. The van der Waals surface area contributed by atoms with Crippen molar-refractivity contribution in [3.05, 3.63) is 30.1 Å². The Hall–Kier alpha value is -1.43. The van der Waals surface area contributed by atoms with Crippen LogP contribution in [0, 0.1) is 0 Å². The molecule has 0 N–H and O–H groups in total. The number of sulfone groups is 1. The molecule has 1 aliphatic heterocycles. The fraction of sp³-hybridized carbons (Fsp3) is 0.538. The summed E-state index contributed by atoms with van der Waals surface area (Å²) in [6.45, 7) is 2.54. The lowest BCUT2D eigenvalue weighted by molar-refractivity contribution is 0.0691. The monoisotopic (exact) mass is 282 g/mol. The van der Waals surface area contributed by atoms with E-state index in [4.69, 9.17) is 0 Å². The van der Waals surface area contributed by atoms with Crippen molar-refractivity contribution in [1.29, 1.82) is 0 Å². The van der Waals surface area contributed by atoms with Crippen molar-refractivity contribution in [3.8, 4) is 0 Å². The second-order valence-electron chi connectivity index (χ2n) is 4.77. The molecule has 5 nitrogen and oxygen atoms in total. The van der Waals surface area contributed by atoms with E-state index >= 15 is 0 Å². The van der Waals surface area contributed by atoms with Crippen LogP contribution in [0.1, 0.15) is 30.3 Å². The van der Waals surface area contributed by atoms with Crippen molar-refractivity contribution < 1.29 is 13.2 Å². The summed E-state index contributed by atoms with van der Waals surface area (Å²) in [5.74, 6) is 0.0726. The molecule has 1 amide bonds. The molecule has 1 saturated heterocycles. The van der Waals surface area contributed by atoms with Crippen LogP contribution in [0.25, 0.3) is 0 Å². The Balaban J connectivity index is 2.19. The third-order valence-electron chi connectivity index (χ3n) is 3.26. The standard InChI is InChI=1S/C13H18N2O3S/c1-2-8-15(11-6-9-19(17,18)10-11)13(16)12-5-3-4-7-14-12/h3-5,7,11H,2,6,8-10H2,1H3/t11-/m0/s1. The molecule has 0 radical (unpaired) electrons. The summed E-state index contributed by atoms with van der Waals surface area (Å²) in [4.78, 5) is 18.1. The molecule has 104 valence electrons. The summed E-state index contributed by atoms with van der Waals surface area (Å²) in [6.07, 6.45) is 2.90. The van der Waals surface area contributed by atoms with Crippen LogP contribution in [-0.2, 0) is 9.84 Å². The van der Waals surface area contributed by atoms with E-state index in [9.17, 15) is 13.2 Å². The maximum absolute atomic E-state index is 12.4. The van der Waals surface area contributed by atoms with Gasteiger partial charge in [-0.25, -0.2) is 8.42 Å². The van der Waals surface area contributed by atoms with Gasteiger partial charge in [-0.2, -0.15) is 0 Å². The fourth-order valence-corrected chi connectivity index (χ4v) is 4.08. The Morgan fingerprint density at radius 2 is 2.26 bits per heavy atom. The number of nitrogens with zero attached hydrogens (tertiary/aromatic N) is 2. The molecule has 0 aliphatic carbocycles. The van der Waals surface area contributed by atoms with E-state index in [0.717, 1.165) is 6.42 Å². The Bertz CT molecular complexity index is 542. The molecule has 1 atom stereocenters. The van der Waals surface area contributed by atoms with E-state index in [-0.39, 0.29) is 23.5 Å². The Morgan fingerprint density at radius 1 is 1.47 bits per heavy atom. The number of rotatable bonds is 4. The van der Waals surface area contributed by atoms with E-state index < -0.39 is 9.84 Å². The molecule has 0 unspecified atom stereocenters. The molecular weight excluding hydrogens is 264 g/mol. The number of hydrogen-bond donors (Lipinski definition) is 0. The largest absolute Gasteiger partial charge is 0.333 e. The van der Waals surface area contributed by atoms with Crippen molar-refractivity contribution in [2.24, 2.45) is 0 Å². The molecule has 1 aromatic heterocycles. The molecule has 1 fully saturated rings. The van der Waals surface area contributed by atoms with Gasteiger partial charge in [0.1, 0.15) is 5.69 Å². The molecule has 2 heterocycles. The highest BCUT2D eigenvalue weighted by molar-refractivity contribution is 7.91. The van der Waals surface area contributed by atoms with Crippen LogP contribution in [0.2, 0.25) is 0 Å². The van der Waals surface area contributed by atoms with Gasteiger partial charge in [0.05, 0.1) is 11.5 Å². The fourth-order valence-electron chi connectivity index (χ4n) is 2.35. The second kappa shape index (κ2) is 5.69. The molecule has 19 heavy (non-hydrogen) atoms. The molecular formula is C13H18N2O3S. The van der Waals surface area contributed by atoms with Crippen LogP contribution in [0.3, 0.4) is 0 Å². The normalized spacial score (nSPS) is 21.2. The molecule has 0 aromatic carbocycles. The summed E-state index contributed by atoms with van der Waals surface area (Å²) >= 11 is 0. The zero-order valence-corrected chi connectivity index (χ0v) is 11.8. The zero-order valence-electron chi connectivity index (χ0n) is 10.9. The minimum Gasteiger partial charge on any atom is -0.333 e. The predicted octanol–water partition coefficient (Wildman–Crippen LogP) is 1.12. The van der Waals surface area contributed by atoms with Crippen molar-refractivity contribution in [2.75, 3.05) is 18.1 Å². The summed E-state index contributed by atoms with van der Waals surface area (Å²) in [5, 5.41) is 0. The van der Waals surface area contributed by atoms with Gasteiger partial charge in [0.2, 0.25) is 0 Å². The number of carbonyl (C=O) groups excluding carboxylic acids is 1. The molecule has 1 aliphatic rings. The van der Waals surface area contributed by atoms with Crippen LogP contribution < -0.4 is 0 Å². The van der Waals surface area contributed by atoms with E-state index in [1.165, 1.54) is 0 Å². The number of hydrogen-bond acceptors (Lipinski definition) is 4. The number of amides is 1. The number of aromatic nitrogens is 1. The van der Waals surface area contributed by atoms with Gasteiger partial charge in [0.25, 0.3) is 5.91 Å². The Morgan fingerprint density at radius 3 is 2.79 bits per heavy atom. The van der Waals surface area contributed by atoms with Crippen LogP contribution in [0.5, 0.6) is 0 Å². The lowest BCUT2D eigenvalue weighted by Gasteiger charge is -2.27. The summed E-state index contributed by atoms with van der Waals surface area (Å²) < 4.78 is 23.1. The average Bonchev–Trinajstić information content (AvgIpc) is 2.76. The maximum Gasteiger partial charge on any atom is 0.272 e. The zero-order chi connectivity index (χ0) is 13.9. The van der Waals surface area contributed by atoms with Crippen LogP contribution in [0.15, 0.2) is 24.4 Å². The molecule has 2 rings (SSSR count). The minimum absolute atomic E-state index is 0.0750. The van der Waals surface area contributed by atoms with Gasteiger partial charge in [-0.1, -0.05) is 13.0 Å². The summed E-state index contributed by atoms with van der Waals surface area (Å²) in [6, 6.07) is 4.96. The third-order valence-corrected chi connectivity index (χ3v) is 5.01. The van der Waals surface area contributed by atoms with E-state index in [0.29, 0.717) is 18.7 Å². The maximum atomic E-state index is 12.4. The number of carbonyl (C=O) groups is 1. The average molecular weight is 282 g/mol. The first kappa shape index (κ1) is 14.0. The first-order valence-electron chi connectivity index (χ1n) is 6.46. The molecule has 0 saturated carbocycles. The SMILES string of the molecule is CCCN(C(=O)c1ccccn1)[C@H]1CCS(=O)(=O)C1. The van der Waals surface area contributed by atoms with Gasteiger partial charge in [-0.15, -0.1) is 0 Å². The molecule has 0 spiro atoms. The predicted molar refractivity (Wildman–Crippen MR) is 72.6 cm³/mol. The van der Waals surface area contributed by atoms with Crippen molar-refractivity contribution >= 4 is 15.7 Å². The van der Waals surface area contributed by atoms with Gasteiger partial charge >= 0.3 is 0 Å². The highest BCUT2D eigenvalue weighted by atomic mass is 32.2. The van der Waals surface area contributed by atoms with E-state index in [1.807, 2.05) is 6.92 Å². The quantitative estimate of drug-likeness (QED) is 0.830. The van der Waals surface area contributed by atoms with Gasteiger partial charge < -0.3 is 4.90 Å².